The molecule has 0 aliphatic heterocycles. The van der Waals surface area contributed by atoms with Crippen LogP contribution in [0.15, 0.2) is 11.0 Å². The Morgan fingerprint density at radius 3 is 2.82 bits per heavy atom. The van der Waals surface area contributed by atoms with Gasteiger partial charge in [-0.15, -0.1) is 0 Å². The summed E-state index contributed by atoms with van der Waals surface area (Å²) in [6.45, 7) is 0. The van der Waals surface area contributed by atoms with Crippen molar-refractivity contribution in [2.45, 2.75) is 18.8 Å². The molecule has 6 nitrogen and oxygen atoms in total. The molecule has 0 saturated heterocycles. The van der Waals surface area contributed by atoms with Gasteiger partial charge in [0, 0.05) is 25.2 Å². The number of carbonyl (C=O) groups is 1. The predicted octanol–water partition coefficient (Wildman–Crippen LogP) is -0.359. The summed E-state index contributed by atoms with van der Waals surface area (Å²) in [6.07, 6.45) is 2.42. The molecule has 0 saturated carbocycles. The van der Waals surface area contributed by atoms with Crippen molar-refractivity contribution in [3.8, 4) is 0 Å². The lowest BCUT2D eigenvalue weighted by molar-refractivity contribution is -0.118. The molecule has 1 aromatic rings. The number of carbonyl (C=O) groups excluding carboxylic acids is 1. The molecule has 0 bridgehead atoms. The molecule has 1 heterocycles. The van der Waals surface area contributed by atoms with Crippen LogP contribution in [0, 0.1) is 0 Å². The smallest absolute Gasteiger partial charge is 0.349 e. The molecule has 1 unspecified atom stereocenters. The fraction of sp³-hybridized carbons (Fsp3) is 0.500. The van der Waals surface area contributed by atoms with Gasteiger partial charge in [-0.2, -0.15) is 17.6 Å². The van der Waals surface area contributed by atoms with Crippen LogP contribution < -0.4 is 17.2 Å². The first-order valence-electron chi connectivity index (χ1n) is 5.18. The van der Waals surface area contributed by atoms with Crippen molar-refractivity contribution in [1.82, 2.24) is 9.55 Å². The summed E-state index contributed by atoms with van der Waals surface area (Å²) in [6, 6.07) is 0. The van der Waals surface area contributed by atoms with Gasteiger partial charge in [0.25, 0.3) is 0 Å². The van der Waals surface area contributed by atoms with Crippen molar-refractivity contribution in [1.29, 1.82) is 0 Å². The highest BCUT2D eigenvalue weighted by Gasteiger charge is 2.18. The predicted molar refractivity (Wildman–Crippen MR) is 68.9 cm³/mol. The molecular formula is C10H16N4O2S. The fourth-order valence-electron chi connectivity index (χ4n) is 1.66. The molecule has 17 heavy (non-hydrogen) atoms. The highest BCUT2D eigenvalue weighted by Crippen LogP contribution is 2.26. The number of thiol groups is 1. The van der Waals surface area contributed by atoms with Crippen molar-refractivity contribution < 1.29 is 4.79 Å². The van der Waals surface area contributed by atoms with E-state index in [9.17, 15) is 9.59 Å². The maximum Gasteiger partial charge on any atom is 0.349 e. The lowest BCUT2D eigenvalue weighted by atomic mass is 9.94. The minimum Gasteiger partial charge on any atom is -0.383 e. The van der Waals surface area contributed by atoms with Gasteiger partial charge in [-0.25, -0.2) is 4.79 Å². The van der Waals surface area contributed by atoms with Gasteiger partial charge in [-0.3, -0.25) is 4.79 Å². The fourth-order valence-corrected chi connectivity index (χ4v) is 1.97. The molecule has 94 valence electrons. The van der Waals surface area contributed by atoms with Crippen LogP contribution in [-0.2, 0) is 11.8 Å². The third kappa shape index (κ3) is 3.48. The summed E-state index contributed by atoms with van der Waals surface area (Å²) in [5, 5.41) is 0. The van der Waals surface area contributed by atoms with E-state index in [4.69, 9.17) is 11.5 Å². The third-order valence-electron chi connectivity index (χ3n) is 2.51. The van der Waals surface area contributed by atoms with Crippen LogP contribution in [0.2, 0.25) is 0 Å². The average molecular weight is 256 g/mol. The molecule has 0 aromatic carbocycles. The van der Waals surface area contributed by atoms with Crippen LogP contribution in [0.4, 0.5) is 5.82 Å². The quantitative estimate of drug-likeness (QED) is 0.626. The molecule has 0 aliphatic rings. The highest BCUT2D eigenvalue weighted by molar-refractivity contribution is 7.80. The molecule has 1 amide bonds. The van der Waals surface area contributed by atoms with Crippen molar-refractivity contribution in [3.05, 3.63) is 22.2 Å². The van der Waals surface area contributed by atoms with Crippen molar-refractivity contribution in [3.63, 3.8) is 0 Å². The Balaban J connectivity index is 3.13. The Hall–Kier alpha value is -1.50. The Morgan fingerprint density at radius 1 is 1.65 bits per heavy atom. The number of hydrogen-bond acceptors (Lipinski definition) is 5. The van der Waals surface area contributed by atoms with Gasteiger partial charge in [-0.05, 0) is 18.1 Å². The van der Waals surface area contributed by atoms with Crippen LogP contribution in [0.25, 0.3) is 0 Å². The van der Waals surface area contributed by atoms with Gasteiger partial charge in [0.15, 0.2) is 0 Å². The summed E-state index contributed by atoms with van der Waals surface area (Å²) in [4.78, 5) is 25.9. The zero-order valence-electron chi connectivity index (χ0n) is 9.59. The number of amides is 1. The first-order valence-corrected chi connectivity index (χ1v) is 5.81. The third-order valence-corrected chi connectivity index (χ3v) is 2.77. The number of aryl methyl sites for hydroxylation is 1. The summed E-state index contributed by atoms with van der Waals surface area (Å²) < 4.78 is 1.33. The molecule has 0 radical (unpaired) electrons. The Bertz CT molecular complexity index is 472. The maximum absolute atomic E-state index is 11.3. The molecule has 4 N–H and O–H groups in total. The highest BCUT2D eigenvalue weighted by atomic mass is 32.1. The monoisotopic (exact) mass is 256 g/mol. The summed E-state index contributed by atoms with van der Waals surface area (Å²) in [5.41, 5.74) is 11.1. The van der Waals surface area contributed by atoms with Crippen LogP contribution in [0.5, 0.6) is 0 Å². The van der Waals surface area contributed by atoms with Gasteiger partial charge in [0.2, 0.25) is 5.91 Å². The lowest BCUT2D eigenvalue weighted by Crippen LogP contribution is -2.24. The number of nitrogen functional groups attached to an aromatic ring is 1. The topological polar surface area (TPSA) is 104 Å². The first kappa shape index (κ1) is 13.6. The van der Waals surface area contributed by atoms with Gasteiger partial charge in [0.05, 0.1) is 0 Å². The average Bonchev–Trinajstić information content (AvgIpc) is 2.22. The zero-order valence-corrected chi connectivity index (χ0v) is 10.5. The maximum atomic E-state index is 11.3. The normalized spacial score (nSPS) is 12.4. The molecule has 1 rings (SSSR count). The second-order valence-corrected chi connectivity index (χ2v) is 4.30. The Labute approximate surface area is 104 Å². The second-order valence-electron chi connectivity index (χ2n) is 3.85. The summed E-state index contributed by atoms with van der Waals surface area (Å²) in [5.74, 6) is 0.190. The SMILES string of the molecule is Cn1cc(C(CCS)CC(N)=O)c(N)nc1=O. The largest absolute Gasteiger partial charge is 0.383 e. The van der Waals surface area contributed by atoms with Gasteiger partial charge in [0.1, 0.15) is 5.82 Å². The molecule has 1 aromatic heterocycles. The van der Waals surface area contributed by atoms with E-state index in [0.29, 0.717) is 17.7 Å². The standard InChI is InChI=1S/C10H16N4O2S/c1-14-5-7(9(12)13-10(14)16)6(2-3-17)4-8(11)15/h5-6,17H,2-4H2,1H3,(H2,11,15)(H2,12,13,16). The minimum atomic E-state index is -0.421. The van der Waals surface area contributed by atoms with Gasteiger partial charge >= 0.3 is 5.69 Å². The van der Waals surface area contributed by atoms with Crippen LogP contribution >= 0.6 is 12.6 Å². The molecule has 0 fully saturated rings. The van der Waals surface area contributed by atoms with E-state index in [2.05, 4.69) is 17.6 Å². The van der Waals surface area contributed by atoms with E-state index < -0.39 is 11.6 Å². The molecule has 0 aliphatic carbocycles. The molecule has 7 heteroatoms. The molecule has 1 atom stereocenters. The number of primary amides is 1. The lowest BCUT2D eigenvalue weighted by Gasteiger charge is -2.16. The summed E-state index contributed by atoms with van der Waals surface area (Å²) in [7, 11) is 1.58. The number of hydrogen-bond donors (Lipinski definition) is 3. The van der Waals surface area contributed by atoms with Crippen molar-refractivity contribution >= 4 is 24.4 Å². The molecular weight excluding hydrogens is 240 g/mol. The number of anilines is 1. The summed E-state index contributed by atoms with van der Waals surface area (Å²) >= 11 is 4.13. The van der Waals surface area contributed by atoms with E-state index in [1.807, 2.05) is 0 Å². The Morgan fingerprint density at radius 2 is 2.29 bits per heavy atom. The van der Waals surface area contributed by atoms with E-state index in [-0.39, 0.29) is 18.2 Å². The Kier molecular flexibility index (Phi) is 4.56. The van der Waals surface area contributed by atoms with Gasteiger partial charge < -0.3 is 16.0 Å². The van der Waals surface area contributed by atoms with Crippen LogP contribution in [0.3, 0.4) is 0 Å². The number of rotatable bonds is 5. The van der Waals surface area contributed by atoms with E-state index in [1.54, 1.807) is 13.2 Å². The number of nitrogens with two attached hydrogens (primary N) is 2. The van der Waals surface area contributed by atoms with Gasteiger partial charge in [-0.1, -0.05) is 0 Å². The first-order chi connectivity index (χ1) is 7.95. The van der Waals surface area contributed by atoms with E-state index in [1.165, 1.54) is 4.57 Å². The number of aromatic nitrogens is 2. The second kappa shape index (κ2) is 5.72. The van der Waals surface area contributed by atoms with Crippen molar-refractivity contribution in [2.75, 3.05) is 11.5 Å². The van der Waals surface area contributed by atoms with Crippen molar-refractivity contribution in [2.24, 2.45) is 12.8 Å². The van der Waals surface area contributed by atoms with Crippen LogP contribution in [-0.4, -0.2) is 21.2 Å². The van der Waals surface area contributed by atoms with E-state index in [0.717, 1.165) is 0 Å². The zero-order chi connectivity index (χ0) is 13.0. The minimum absolute atomic E-state index is 0.149. The van der Waals surface area contributed by atoms with E-state index >= 15 is 0 Å². The number of nitrogens with zero attached hydrogens (tertiary/aromatic N) is 2. The molecule has 0 spiro atoms. The van der Waals surface area contributed by atoms with Crippen LogP contribution in [0.1, 0.15) is 24.3 Å².